The Morgan fingerprint density at radius 3 is 2.83 bits per heavy atom. The number of anilines is 1. The average Bonchev–Trinajstić information content (AvgIpc) is 2.32. The molecule has 0 aromatic heterocycles. The minimum absolute atomic E-state index is 0.0456. The predicted octanol–water partition coefficient (Wildman–Crippen LogP) is 2.15. The number of carbonyl (C=O) groups is 1. The SMILES string of the molecule is CC(C)C(=O)Nc1ccc(F)cc1C#CCCO. The van der Waals surface area contributed by atoms with Crippen molar-refractivity contribution in [2.75, 3.05) is 11.9 Å². The van der Waals surface area contributed by atoms with Crippen LogP contribution in [0.2, 0.25) is 0 Å². The molecule has 1 aromatic carbocycles. The van der Waals surface area contributed by atoms with Crippen LogP contribution in [0.5, 0.6) is 0 Å². The van der Waals surface area contributed by atoms with E-state index in [-0.39, 0.29) is 18.4 Å². The van der Waals surface area contributed by atoms with E-state index in [0.717, 1.165) is 0 Å². The molecule has 3 nitrogen and oxygen atoms in total. The van der Waals surface area contributed by atoms with Crippen LogP contribution in [0, 0.1) is 23.6 Å². The molecule has 0 aliphatic heterocycles. The van der Waals surface area contributed by atoms with Gasteiger partial charge in [-0.3, -0.25) is 4.79 Å². The quantitative estimate of drug-likeness (QED) is 0.806. The fourth-order valence-corrected chi connectivity index (χ4v) is 1.22. The van der Waals surface area contributed by atoms with Gasteiger partial charge in [0.15, 0.2) is 0 Å². The topological polar surface area (TPSA) is 49.3 Å². The van der Waals surface area contributed by atoms with Crippen molar-refractivity contribution in [1.82, 2.24) is 0 Å². The predicted molar refractivity (Wildman–Crippen MR) is 68.4 cm³/mol. The van der Waals surface area contributed by atoms with Crippen molar-refractivity contribution in [2.24, 2.45) is 5.92 Å². The van der Waals surface area contributed by atoms with Crippen molar-refractivity contribution in [3.05, 3.63) is 29.6 Å². The van der Waals surface area contributed by atoms with Crippen LogP contribution in [0.25, 0.3) is 0 Å². The zero-order chi connectivity index (χ0) is 13.5. The number of nitrogens with one attached hydrogen (secondary N) is 1. The van der Waals surface area contributed by atoms with Gasteiger partial charge in [-0.05, 0) is 18.2 Å². The Morgan fingerprint density at radius 1 is 1.50 bits per heavy atom. The second-order valence-electron chi connectivity index (χ2n) is 4.11. The van der Waals surface area contributed by atoms with Gasteiger partial charge in [0.25, 0.3) is 0 Å². The maximum absolute atomic E-state index is 13.1. The second-order valence-corrected chi connectivity index (χ2v) is 4.11. The molecule has 1 rings (SSSR count). The number of hydrogen-bond donors (Lipinski definition) is 2. The standard InChI is InChI=1S/C14H16FNO2/c1-10(2)14(18)16-13-7-6-12(15)9-11(13)5-3-4-8-17/h6-7,9-10,17H,4,8H2,1-2H3,(H,16,18). The highest BCUT2D eigenvalue weighted by Crippen LogP contribution is 2.17. The molecule has 96 valence electrons. The lowest BCUT2D eigenvalue weighted by atomic mass is 10.1. The third kappa shape index (κ3) is 4.19. The zero-order valence-electron chi connectivity index (χ0n) is 10.5. The molecular weight excluding hydrogens is 233 g/mol. The molecule has 0 saturated heterocycles. The molecule has 18 heavy (non-hydrogen) atoms. The first-order chi connectivity index (χ1) is 8.54. The highest BCUT2D eigenvalue weighted by molar-refractivity contribution is 5.93. The smallest absolute Gasteiger partial charge is 0.226 e. The highest BCUT2D eigenvalue weighted by atomic mass is 19.1. The van der Waals surface area contributed by atoms with Crippen molar-refractivity contribution in [1.29, 1.82) is 0 Å². The summed E-state index contributed by atoms with van der Waals surface area (Å²) in [6, 6.07) is 4.02. The fraction of sp³-hybridized carbons (Fsp3) is 0.357. The first-order valence-electron chi connectivity index (χ1n) is 5.74. The van der Waals surface area contributed by atoms with Gasteiger partial charge < -0.3 is 10.4 Å². The van der Waals surface area contributed by atoms with Crippen LogP contribution in [0.1, 0.15) is 25.8 Å². The summed E-state index contributed by atoms with van der Waals surface area (Å²) in [5, 5.41) is 11.3. The summed E-state index contributed by atoms with van der Waals surface area (Å²) >= 11 is 0. The molecule has 2 N–H and O–H groups in total. The number of aliphatic hydroxyl groups is 1. The van der Waals surface area contributed by atoms with Crippen molar-refractivity contribution in [3.63, 3.8) is 0 Å². The van der Waals surface area contributed by atoms with Gasteiger partial charge in [0.2, 0.25) is 5.91 Å². The van der Waals surface area contributed by atoms with Crippen molar-refractivity contribution in [3.8, 4) is 11.8 Å². The van der Waals surface area contributed by atoms with Crippen LogP contribution in [0.15, 0.2) is 18.2 Å². The van der Waals surface area contributed by atoms with Gasteiger partial charge in [0.1, 0.15) is 5.82 Å². The van der Waals surface area contributed by atoms with Crippen LogP contribution in [-0.4, -0.2) is 17.6 Å². The van der Waals surface area contributed by atoms with E-state index >= 15 is 0 Å². The van der Waals surface area contributed by atoms with Gasteiger partial charge in [-0.2, -0.15) is 0 Å². The number of halogens is 1. The van der Waals surface area contributed by atoms with Gasteiger partial charge in [-0.1, -0.05) is 25.7 Å². The van der Waals surface area contributed by atoms with Crippen molar-refractivity contribution < 1.29 is 14.3 Å². The molecule has 0 aliphatic carbocycles. The summed E-state index contributed by atoms with van der Waals surface area (Å²) in [4.78, 5) is 11.6. The van der Waals surface area contributed by atoms with E-state index in [1.54, 1.807) is 13.8 Å². The molecule has 0 spiro atoms. The van der Waals surface area contributed by atoms with E-state index in [0.29, 0.717) is 17.7 Å². The Balaban J connectivity index is 2.97. The summed E-state index contributed by atoms with van der Waals surface area (Å²) < 4.78 is 13.1. The van der Waals surface area contributed by atoms with Gasteiger partial charge in [-0.25, -0.2) is 4.39 Å². The third-order valence-electron chi connectivity index (χ3n) is 2.22. The van der Waals surface area contributed by atoms with E-state index < -0.39 is 5.82 Å². The Morgan fingerprint density at radius 2 is 2.22 bits per heavy atom. The number of amides is 1. The summed E-state index contributed by atoms with van der Waals surface area (Å²) in [5.41, 5.74) is 0.901. The van der Waals surface area contributed by atoms with Crippen LogP contribution >= 0.6 is 0 Å². The number of hydrogen-bond acceptors (Lipinski definition) is 2. The Bertz CT molecular complexity index is 486. The first kappa shape index (κ1) is 14.2. The van der Waals surface area contributed by atoms with Crippen LogP contribution < -0.4 is 5.32 Å². The van der Waals surface area contributed by atoms with E-state index in [2.05, 4.69) is 17.2 Å². The lowest BCUT2D eigenvalue weighted by Gasteiger charge is -2.09. The Labute approximate surface area is 106 Å². The first-order valence-corrected chi connectivity index (χ1v) is 5.74. The molecule has 0 bridgehead atoms. The summed E-state index contributed by atoms with van der Waals surface area (Å²) in [5.74, 6) is 4.72. The molecule has 0 atom stereocenters. The largest absolute Gasteiger partial charge is 0.395 e. The number of carbonyl (C=O) groups excluding carboxylic acids is 1. The molecule has 1 amide bonds. The van der Waals surface area contributed by atoms with E-state index in [9.17, 15) is 9.18 Å². The fourth-order valence-electron chi connectivity index (χ4n) is 1.22. The summed E-state index contributed by atoms with van der Waals surface area (Å²) in [6.07, 6.45) is 0.314. The van der Waals surface area contributed by atoms with Crippen LogP contribution in [-0.2, 0) is 4.79 Å². The van der Waals surface area contributed by atoms with Gasteiger partial charge in [0, 0.05) is 12.3 Å². The van der Waals surface area contributed by atoms with Crippen molar-refractivity contribution in [2.45, 2.75) is 20.3 Å². The lowest BCUT2D eigenvalue weighted by molar-refractivity contribution is -0.118. The molecule has 0 unspecified atom stereocenters. The molecular formula is C14H16FNO2. The van der Waals surface area contributed by atoms with Gasteiger partial charge in [0.05, 0.1) is 17.9 Å². The summed E-state index contributed by atoms with van der Waals surface area (Å²) in [6.45, 7) is 3.50. The molecule has 1 aromatic rings. The number of aliphatic hydroxyl groups excluding tert-OH is 1. The maximum Gasteiger partial charge on any atom is 0.226 e. The number of benzene rings is 1. The molecule has 0 fully saturated rings. The lowest BCUT2D eigenvalue weighted by Crippen LogP contribution is -2.18. The summed E-state index contributed by atoms with van der Waals surface area (Å²) in [7, 11) is 0. The molecule has 0 saturated carbocycles. The number of rotatable bonds is 3. The molecule has 0 aliphatic rings. The average molecular weight is 249 g/mol. The highest BCUT2D eigenvalue weighted by Gasteiger charge is 2.09. The Kier molecular flexibility index (Phi) is 5.34. The molecule has 0 radical (unpaired) electrons. The normalized spacial score (nSPS) is 9.83. The molecule has 4 heteroatoms. The van der Waals surface area contributed by atoms with E-state index in [1.807, 2.05) is 0 Å². The monoisotopic (exact) mass is 249 g/mol. The third-order valence-corrected chi connectivity index (χ3v) is 2.22. The minimum atomic E-state index is -0.411. The van der Waals surface area contributed by atoms with E-state index in [1.165, 1.54) is 18.2 Å². The van der Waals surface area contributed by atoms with Crippen LogP contribution in [0.4, 0.5) is 10.1 Å². The second kappa shape index (κ2) is 6.77. The molecule has 0 heterocycles. The van der Waals surface area contributed by atoms with E-state index in [4.69, 9.17) is 5.11 Å². The zero-order valence-corrected chi connectivity index (χ0v) is 10.5. The Hall–Kier alpha value is -1.86. The van der Waals surface area contributed by atoms with Gasteiger partial charge in [-0.15, -0.1) is 0 Å². The van der Waals surface area contributed by atoms with Gasteiger partial charge >= 0.3 is 0 Å². The van der Waals surface area contributed by atoms with Crippen LogP contribution in [0.3, 0.4) is 0 Å². The maximum atomic E-state index is 13.1. The minimum Gasteiger partial charge on any atom is -0.395 e. The van der Waals surface area contributed by atoms with Crippen molar-refractivity contribution >= 4 is 11.6 Å².